The quantitative estimate of drug-likeness (QED) is 0.770. The molecule has 2 aromatic rings. The van der Waals surface area contributed by atoms with Crippen molar-refractivity contribution in [1.29, 1.82) is 0 Å². The van der Waals surface area contributed by atoms with Gasteiger partial charge >= 0.3 is 0 Å². The number of hydrogen-bond donors (Lipinski definition) is 2. The van der Waals surface area contributed by atoms with Gasteiger partial charge in [0.05, 0.1) is 5.92 Å². The zero-order valence-electron chi connectivity index (χ0n) is 16.9. The Morgan fingerprint density at radius 3 is 2.54 bits per heavy atom. The van der Waals surface area contributed by atoms with Gasteiger partial charge in [-0.2, -0.15) is 0 Å². The number of phenols is 1. The SMILES string of the molecule is CC1C(C(=O)NC[C@H](Cc2ccc(O)c(F)c2)N(C)C)[C@@]1(C)c1ccccc1. The van der Waals surface area contributed by atoms with E-state index < -0.39 is 5.82 Å². The highest BCUT2D eigenvalue weighted by Crippen LogP contribution is 2.59. The van der Waals surface area contributed by atoms with Crippen molar-refractivity contribution in [1.82, 2.24) is 10.2 Å². The molecule has 3 rings (SSSR count). The molecule has 1 aliphatic carbocycles. The molecule has 150 valence electrons. The molecule has 0 spiro atoms. The maximum Gasteiger partial charge on any atom is 0.224 e. The van der Waals surface area contributed by atoms with E-state index in [0.29, 0.717) is 18.9 Å². The Morgan fingerprint density at radius 2 is 1.93 bits per heavy atom. The number of nitrogens with one attached hydrogen (secondary N) is 1. The molecule has 1 amide bonds. The van der Waals surface area contributed by atoms with Gasteiger partial charge in [-0.25, -0.2) is 4.39 Å². The van der Waals surface area contributed by atoms with E-state index in [1.54, 1.807) is 6.07 Å². The summed E-state index contributed by atoms with van der Waals surface area (Å²) in [6.07, 6.45) is 0.584. The van der Waals surface area contributed by atoms with Crippen molar-refractivity contribution in [3.05, 3.63) is 65.5 Å². The monoisotopic (exact) mass is 384 g/mol. The summed E-state index contributed by atoms with van der Waals surface area (Å²) in [4.78, 5) is 14.9. The van der Waals surface area contributed by atoms with Crippen LogP contribution in [0.3, 0.4) is 0 Å². The zero-order valence-corrected chi connectivity index (χ0v) is 16.9. The lowest BCUT2D eigenvalue weighted by Crippen LogP contribution is -2.42. The molecular weight excluding hydrogens is 355 g/mol. The predicted molar refractivity (Wildman–Crippen MR) is 109 cm³/mol. The van der Waals surface area contributed by atoms with Crippen LogP contribution < -0.4 is 5.32 Å². The number of benzene rings is 2. The highest BCUT2D eigenvalue weighted by atomic mass is 19.1. The van der Waals surface area contributed by atoms with Crippen molar-refractivity contribution < 1.29 is 14.3 Å². The molecule has 5 heteroatoms. The Bertz CT molecular complexity index is 840. The van der Waals surface area contributed by atoms with Crippen LogP contribution in [0.1, 0.15) is 25.0 Å². The van der Waals surface area contributed by atoms with Gasteiger partial charge in [-0.15, -0.1) is 0 Å². The van der Waals surface area contributed by atoms with Crippen molar-refractivity contribution in [2.45, 2.75) is 31.7 Å². The van der Waals surface area contributed by atoms with Crippen LogP contribution in [-0.2, 0) is 16.6 Å². The van der Waals surface area contributed by atoms with E-state index in [9.17, 15) is 14.3 Å². The zero-order chi connectivity index (χ0) is 20.5. The molecule has 1 aliphatic rings. The molecule has 0 heterocycles. The van der Waals surface area contributed by atoms with Gasteiger partial charge in [0.2, 0.25) is 5.91 Å². The molecule has 4 atom stereocenters. The number of carbonyl (C=O) groups excluding carboxylic acids is 1. The number of carbonyl (C=O) groups is 1. The standard InChI is InChI=1S/C23H29FN2O2/c1-15-21(23(15,2)17-8-6-5-7-9-17)22(28)25-14-18(26(3)4)12-16-10-11-20(27)19(24)13-16/h5-11,13,15,18,21,27H,12,14H2,1-4H3,(H,25,28)/t15?,18-,21?,23+/m0/s1. The van der Waals surface area contributed by atoms with Gasteiger partial charge < -0.3 is 15.3 Å². The third-order valence-electron chi connectivity index (χ3n) is 6.39. The minimum atomic E-state index is -0.621. The van der Waals surface area contributed by atoms with Crippen LogP contribution in [0.25, 0.3) is 0 Å². The molecule has 0 aromatic heterocycles. The lowest BCUT2D eigenvalue weighted by atomic mass is 9.94. The second kappa shape index (κ2) is 7.92. The summed E-state index contributed by atoms with van der Waals surface area (Å²) in [6, 6.07) is 14.7. The van der Waals surface area contributed by atoms with Crippen molar-refractivity contribution in [2.75, 3.05) is 20.6 Å². The average Bonchev–Trinajstić information content (AvgIpc) is 3.24. The largest absolute Gasteiger partial charge is 0.505 e. The van der Waals surface area contributed by atoms with Crippen LogP contribution in [-0.4, -0.2) is 42.6 Å². The summed E-state index contributed by atoms with van der Waals surface area (Å²) < 4.78 is 13.6. The van der Waals surface area contributed by atoms with Crippen molar-refractivity contribution >= 4 is 5.91 Å². The summed E-state index contributed by atoms with van der Waals surface area (Å²) in [5.41, 5.74) is 1.86. The second-order valence-corrected chi connectivity index (χ2v) is 8.27. The van der Waals surface area contributed by atoms with E-state index >= 15 is 0 Å². The van der Waals surface area contributed by atoms with Crippen LogP contribution in [0.15, 0.2) is 48.5 Å². The first-order valence-corrected chi connectivity index (χ1v) is 9.72. The molecule has 0 saturated heterocycles. The lowest BCUT2D eigenvalue weighted by molar-refractivity contribution is -0.123. The molecule has 2 aromatic carbocycles. The van der Waals surface area contributed by atoms with Gasteiger partial charge in [-0.05, 0) is 49.7 Å². The lowest BCUT2D eigenvalue weighted by Gasteiger charge is -2.25. The first kappa shape index (κ1) is 20.3. The van der Waals surface area contributed by atoms with Crippen LogP contribution in [0.5, 0.6) is 5.75 Å². The van der Waals surface area contributed by atoms with Gasteiger partial charge in [0.1, 0.15) is 0 Å². The topological polar surface area (TPSA) is 52.6 Å². The summed E-state index contributed by atoms with van der Waals surface area (Å²) in [5.74, 6) is -0.642. The van der Waals surface area contributed by atoms with Gasteiger partial charge in [0, 0.05) is 18.0 Å². The highest BCUT2D eigenvalue weighted by molar-refractivity contribution is 5.85. The molecule has 4 nitrogen and oxygen atoms in total. The van der Waals surface area contributed by atoms with E-state index in [1.165, 1.54) is 17.7 Å². The average molecular weight is 384 g/mol. The minimum Gasteiger partial charge on any atom is -0.505 e. The fraction of sp³-hybridized carbons (Fsp3) is 0.435. The fourth-order valence-electron chi connectivity index (χ4n) is 4.18. The normalized spacial score (nSPS) is 24.8. The maximum absolute atomic E-state index is 13.6. The van der Waals surface area contributed by atoms with Gasteiger partial charge in [0.25, 0.3) is 0 Å². The van der Waals surface area contributed by atoms with Crippen molar-refractivity contribution in [3.63, 3.8) is 0 Å². The van der Waals surface area contributed by atoms with Crippen LogP contribution >= 0.6 is 0 Å². The smallest absolute Gasteiger partial charge is 0.224 e. The van der Waals surface area contributed by atoms with Crippen molar-refractivity contribution in [2.24, 2.45) is 11.8 Å². The minimum absolute atomic E-state index is 0.0323. The highest BCUT2D eigenvalue weighted by Gasteiger charge is 2.62. The number of nitrogens with zero attached hydrogens (tertiary/aromatic N) is 1. The van der Waals surface area contributed by atoms with Crippen LogP contribution in [0, 0.1) is 17.7 Å². The van der Waals surface area contributed by atoms with E-state index in [1.807, 2.05) is 37.2 Å². The molecule has 1 fully saturated rings. The van der Waals surface area contributed by atoms with Crippen LogP contribution in [0.4, 0.5) is 4.39 Å². The van der Waals surface area contributed by atoms with Crippen LogP contribution in [0.2, 0.25) is 0 Å². The summed E-state index contributed by atoms with van der Waals surface area (Å²) in [7, 11) is 3.89. The van der Waals surface area contributed by atoms with Crippen molar-refractivity contribution in [3.8, 4) is 5.75 Å². The molecule has 28 heavy (non-hydrogen) atoms. The molecule has 2 unspecified atom stereocenters. The van der Waals surface area contributed by atoms with Gasteiger partial charge in [0.15, 0.2) is 11.6 Å². The summed E-state index contributed by atoms with van der Waals surface area (Å²) in [5, 5.41) is 12.5. The van der Waals surface area contributed by atoms with E-state index in [2.05, 4.69) is 31.3 Å². The third kappa shape index (κ3) is 3.90. The molecule has 0 bridgehead atoms. The first-order valence-electron chi connectivity index (χ1n) is 9.72. The summed E-state index contributed by atoms with van der Waals surface area (Å²) >= 11 is 0. The molecule has 0 aliphatic heterocycles. The summed E-state index contributed by atoms with van der Waals surface area (Å²) in [6.45, 7) is 4.77. The van der Waals surface area contributed by atoms with Gasteiger partial charge in [-0.3, -0.25) is 4.79 Å². The Morgan fingerprint density at radius 1 is 1.25 bits per heavy atom. The Hall–Kier alpha value is -2.40. The fourth-order valence-corrected chi connectivity index (χ4v) is 4.18. The predicted octanol–water partition coefficient (Wildman–Crippen LogP) is 3.34. The first-order chi connectivity index (χ1) is 13.2. The Balaban J connectivity index is 1.62. The number of aromatic hydroxyl groups is 1. The number of rotatable bonds is 7. The number of amides is 1. The maximum atomic E-state index is 13.6. The number of phenolic OH excluding ortho intramolecular Hbond substituents is 1. The molecule has 2 N–H and O–H groups in total. The molecular formula is C23H29FN2O2. The number of likely N-dealkylation sites (N-methyl/N-ethyl adjacent to an activating group) is 1. The molecule has 0 radical (unpaired) electrons. The Kier molecular flexibility index (Phi) is 5.75. The van der Waals surface area contributed by atoms with Gasteiger partial charge in [-0.1, -0.05) is 50.2 Å². The number of halogens is 1. The number of hydrogen-bond acceptors (Lipinski definition) is 3. The van der Waals surface area contributed by atoms with E-state index in [0.717, 1.165) is 5.56 Å². The Labute approximate surface area is 166 Å². The molecule has 1 saturated carbocycles. The van der Waals surface area contributed by atoms with E-state index in [4.69, 9.17) is 0 Å². The second-order valence-electron chi connectivity index (χ2n) is 8.27. The third-order valence-corrected chi connectivity index (χ3v) is 6.39. The van der Waals surface area contributed by atoms with E-state index in [-0.39, 0.29) is 29.0 Å².